The Labute approximate surface area is 152 Å². The first-order valence-electron chi connectivity index (χ1n) is 8.80. The van der Waals surface area contributed by atoms with Crippen molar-refractivity contribution < 1.29 is 9.32 Å². The highest BCUT2D eigenvalue weighted by Gasteiger charge is 2.25. The fourth-order valence-electron chi connectivity index (χ4n) is 3.10. The van der Waals surface area contributed by atoms with Gasteiger partial charge in [-0.2, -0.15) is 0 Å². The molecule has 136 valence electrons. The predicted octanol–water partition coefficient (Wildman–Crippen LogP) is 1.91. The molecule has 2 aromatic heterocycles. The molecule has 1 aliphatic rings. The van der Waals surface area contributed by atoms with E-state index in [1.807, 2.05) is 26.0 Å². The third-order valence-corrected chi connectivity index (χ3v) is 5.58. The van der Waals surface area contributed by atoms with Crippen LogP contribution >= 0.6 is 11.3 Å². The van der Waals surface area contributed by atoms with Gasteiger partial charge in [0.15, 0.2) is 5.76 Å². The number of carbonyl (C=O) groups excluding carboxylic acids is 1. The number of amides is 1. The molecule has 1 amide bonds. The van der Waals surface area contributed by atoms with Crippen molar-refractivity contribution in [1.29, 1.82) is 0 Å². The molecule has 0 spiro atoms. The van der Waals surface area contributed by atoms with Crippen molar-refractivity contribution in [3.8, 4) is 0 Å². The molecule has 1 saturated heterocycles. The number of rotatable bonds is 7. The maximum atomic E-state index is 12.4. The van der Waals surface area contributed by atoms with Crippen LogP contribution in [0.3, 0.4) is 0 Å². The van der Waals surface area contributed by atoms with E-state index in [1.165, 1.54) is 4.88 Å². The van der Waals surface area contributed by atoms with Crippen LogP contribution in [0.4, 0.5) is 0 Å². The Bertz CT molecular complexity index is 662. The zero-order chi connectivity index (χ0) is 17.6. The number of aromatic nitrogens is 1. The standard InChI is InChI=1S/C18H26N4O2S/c1-14-12-16(24-20-14)13-21-7-9-22(10-8-21)15(2)18(23)19-6-5-17-4-3-11-25-17/h3-4,11-12,15H,5-10,13H2,1-2H3,(H,19,23). The van der Waals surface area contributed by atoms with Crippen molar-refractivity contribution in [3.05, 3.63) is 39.9 Å². The Kier molecular flexibility index (Phi) is 6.23. The Morgan fingerprint density at radius 2 is 2.20 bits per heavy atom. The molecule has 0 radical (unpaired) electrons. The summed E-state index contributed by atoms with van der Waals surface area (Å²) in [4.78, 5) is 18.3. The highest BCUT2D eigenvalue weighted by molar-refractivity contribution is 7.09. The Morgan fingerprint density at radius 3 is 2.84 bits per heavy atom. The second kappa shape index (κ2) is 8.60. The van der Waals surface area contributed by atoms with Crippen molar-refractivity contribution in [2.75, 3.05) is 32.7 Å². The van der Waals surface area contributed by atoms with Crippen LogP contribution in [0.2, 0.25) is 0 Å². The lowest BCUT2D eigenvalue weighted by Crippen LogP contribution is -2.53. The maximum Gasteiger partial charge on any atom is 0.237 e. The lowest BCUT2D eigenvalue weighted by molar-refractivity contribution is -0.126. The normalized spacial score (nSPS) is 17.5. The van der Waals surface area contributed by atoms with Gasteiger partial charge in [0, 0.05) is 43.7 Å². The van der Waals surface area contributed by atoms with E-state index in [9.17, 15) is 4.79 Å². The van der Waals surface area contributed by atoms with E-state index in [0.29, 0.717) is 6.54 Å². The minimum Gasteiger partial charge on any atom is -0.360 e. The van der Waals surface area contributed by atoms with Gasteiger partial charge in [0.1, 0.15) is 0 Å². The number of aryl methyl sites for hydroxylation is 1. The number of carbonyl (C=O) groups is 1. The van der Waals surface area contributed by atoms with Gasteiger partial charge in [0.2, 0.25) is 5.91 Å². The number of nitrogens with one attached hydrogen (secondary N) is 1. The molecule has 6 nitrogen and oxygen atoms in total. The number of nitrogens with zero attached hydrogens (tertiary/aromatic N) is 3. The van der Waals surface area contributed by atoms with Gasteiger partial charge in [-0.1, -0.05) is 11.2 Å². The molecule has 25 heavy (non-hydrogen) atoms. The van der Waals surface area contributed by atoms with Gasteiger partial charge in [0.05, 0.1) is 18.3 Å². The number of piperazine rings is 1. The van der Waals surface area contributed by atoms with Gasteiger partial charge < -0.3 is 9.84 Å². The topological polar surface area (TPSA) is 61.6 Å². The van der Waals surface area contributed by atoms with Gasteiger partial charge in [-0.25, -0.2) is 0 Å². The molecule has 0 bridgehead atoms. The van der Waals surface area contributed by atoms with Crippen molar-refractivity contribution >= 4 is 17.2 Å². The second-order valence-electron chi connectivity index (χ2n) is 6.54. The summed E-state index contributed by atoms with van der Waals surface area (Å²) < 4.78 is 5.29. The predicted molar refractivity (Wildman–Crippen MR) is 98.6 cm³/mol. The van der Waals surface area contributed by atoms with E-state index in [2.05, 4.69) is 31.7 Å². The van der Waals surface area contributed by atoms with Gasteiger partial charge in [-0.3, -0.25) is 14.6 Å². The summed E-state index contributed by atoms with van der Waals surface area (Å²) in [6.45, 7) is 9.09. The Balaban J connectivity index is 1.38. The molecular weight excluding hydrogens is 336 g/mol. The van der Waals surface area contributed by atoms with Gasteiger partial charge >= 0.3 is 0 Å². The number of hydrogen-bond acceptors (Lipinski definition) is 6. The van der Waals surface area contributed by atoms with E-state index in [4.69, 9.17) is 4.52 Å². The van der Waals surface area contributed by atoms with Crippen LogP contribution < -0.4 is 5.32 Å². The summed E-state index contributed by atoms with van der Waals surface area (Å²) in [6.07, 6.45) is 0.903. The molecule has 1 unspecified atom stereocenters. The Morgan fingerprint density at radius 1 is 1.40 bits per heavy atom. The minimum absolute atomic E-state index is 0.0852. The van der Waals surface area contributed by atoms with Crippen molar-refractivity contribution in [2.24, 2.45) is 0 Å². The van der Waals surface area contributed by atoms with E-state index in [0.717, 1.165) is 50.6 Å². The van der Waals surface area contributed by atoms with Crippen LogP contribution in [-0.4, -0.2) is 59.6 Å². The lowest BCUT2D eigenvalue weighted by atomic mass is 10.2. The highest BCUT2D eigenvalue weighted by Crippen LogP contribution is 2.12. The van der Waals surface area contributed by atoms with E-state index in [-0.39, 0.29) is 11.9 Å². The summed E-state index contributed by atoms with van der Waals surface area (Å²) in [7, 11) is 0. The average molecular weight is 362 g/mol. The molecule has 1 fully saturated rings. The smallest absolute Gasteiger partial charge is 0.237 e. The summed E-state index contributed by atoms with van der Waals surface area (Å²) in [6, 6.07) is 6.05. The van der Waals surface area contributed by atoms with Crippen molar-refractivity contribution in [1.82, 2.24) is 20.3 Å². The maximum absolute atomic E-state index is 12.4. The van der Waals surface area contributed by atoms with Crippen LogP contribution in [0.15, 0.2) is 28.1 Å². The van der Waals surface area contributed by atoms with Crippen LogP contribution in [-0.2, 0) is 17.8 Å². The number of hydrogen-bond donors (Lipinski definition) is 1. The van der Waals surface area contributed by atoms with Crippen LogP contribution in [0.5, 0.6) is 0 Å². The van der Waals surface area contributed by atoms with Crippen LogP contribution in [0.25, 0.3) is 0 Å². The lowest BCUT2D eigenvalue weighted by Gasteiger charge is -2.37. The van der Waals surface area contributed by atoms with Crippen molar-refractivity contribution in [3.63, 3.8) is 0 Å². The molecule has 1 N–H and O–H groups in total. The molecule has 3 rings (SSSR count). The molecule has 0 aliphatic carbocycles. The Hall–Kier alpha value is -1.70. The summed E-state index contributed by atoms with van der Waals surface area (Å²) in [5.41, 5.74) is 0.918. The third kappa shape index (κ3) is 5.14. The first kappa shape index (κ1) is 18.1. The first-order valence-corrected chi connectivity index (χ1v) is 9.68. The quantitative estimate of drug-likeness (QED) is 0.815. The van der Waals surface area contributed by atoms with Gasteiger partial charge in [-0.05, 0) is 31.7 Å². The van der Waals surface area contributed by atoms with E-state index in [1.54, 1.807) is 11.3 Å². The van der Waals surface area contributed by atoms with Gasteiger partial charge in [-0.15, -0.1) is 11.3 Å². The highest BCUT2D eigenvalue weighted by atomic mass is 32.1. The molecule has 1 aliphatic heterocycles. The molecule has 1 atom stereocenters. The first-order chi connectivity index (χ1) is 12.1. The zero-order valence-corrected chi connectivity index (χ0v) is 15.7. The zero-order valence-electron chi connectivity index (χ0n) is 14.9. The van der Waals surface area contributed by atoms with E-state index < -0.39 is 0 Å². The summed E-state index contributed by atoms with van der Waals surface area (Å²) in [5.74, 6) is 1.03. The monoisotopic (exact) mass is 362 g/mol. The SMILES string of the molecule is Cc1cc(CN2CCN(C(C)C(=O)NCCc3cccs3)CC2)on1. The number of thiophene rings is 1. The molecule has 7 heteroatoms. The molecule has 2 aromatic rings. The van der Waals surface area contributed by atoms with Gasteiger partial charge in [0.25, 0.3) is 0 Å². The fourth-order valence-corrected chi connectivity index (χ4v) is 3.81. The molecule has 0 saturated carbocycles. The minimum atomic E-state index is -0.0852. The molecule has 3 heterocycles. The van der Waals surface area contributed by atoms with E-state index >= 15 is 0 Å². The summed E-state index contributed by atoms with van der Waals surface area (Å²) in [5, 5.41) is 9.06. The van der Waals surface area contributed by atoms with Crippen LogP contribution in [0.1, 0.15) is 23.3 Å². The molecular formula is C18H26N4O2S. The van der Waals surface area contributed by atoms with Crippen LogP contribution in [0, 0.1) is 6.92 Å². The third-order valence-electron chi connectivity index (χ3n) is 4.64. The average Bonchev–Trinajstić information content (AvgIpc) is 3.27. The van der Waals surface area contributed by atoms with Crippen molar-refractivity contribution in [2.45, 2.75) is 32.9 Å². The fraction of sp³-hybridized carbons (Fsp3) is 0.556. The summed E-state index contributed by atoms with van der Waals surface area (Å²) >= 11 is 1.73. The second-order valence-corrected chi connectivity index (χ2v) is 7.58. The molecule has 0 aromatic carbocycles. The largest absolute Gasteiger partial charge is 0.360 e.